The first kappa shape index (κ1) is 19.0. The third-order valence-electron chi connectivity index (χ3n) is 4.70. The maximum atomic E-state index is 12.4. The lowest BCUT2D eigenvalue weighted by atomic mass is 10.00. The fourth-order valence-electron chi connectivity index (χ4n) is 3.13. The van der Waals surface area contributed by atoms with E-state index in [0.717, 1.165) is 5.69 Å². The number of urea groups is 1. The van der Waals surface area contributed by atoms with Crippen molar-refractivity contribution in [2.45, 2.75) is 18.5 Å². The van der Waals surface area contributed by atoms with Crippen LogP contribution in [0.3, 0.4) is 0 Å². The molecule has 3 heterocycles. The zero-order chi connectivity index (χ0) is 20.6. The predicted molar refractivity (Wildman–Crippen MR) is 97.9 cm³/mol. The molecule has 0 bridgehead atoms. The average Bonchev–Trinajstić information content (AvgIpc) is 3.05. The zero-order valence-electron chi connectivity index (χ0n) is 15.1. The smallest absolute Gasteiger partial charge is 0.338 e. The van der Waals surface area contributed by atoms with E-state index in [4.69, 9.17) is 0 Å². The minimum Gasteiger partial charge on any atom is -0.338 e. The molecule has 4 rings (SSSR count). The monoisotopic (exact) mass is 406 g/mol. The molecule has 0 aliphatic carbocycles. The van der Waals surface area contributed by atoms with Crippen LogP contribution < -0.4 is 10.9 Å². The summed E-state index contributed by atoms with van der Waals surface area (Å²) in [4.78, 5) is 32.9. The van der Waals surface area contributed by atoms with Crippen molar-refractivity contribution in [3.8, 4) is 5.69 Å². The van der Waals surface area contributed by atoms with Crippen molar-refractivity contribution < 1.29 is 18.0 Å². The first-order valence-electron chi connectivity index (χ1n) is 8.95. The number of aromatic nitrogens is 4. The largest absolute Gasteiger partial charge is 0.390 e. The molecule has 0 unspecified atom stereocenters. The first-order chi connectivity index (χ1) is 13.8. The van der Waals surface area contributed by atoms with Crippen molar-refractivity contribution in [1.82, 2.24) is 30.0 Å². The van der Waals surface area contributed by atoms with Crippen LogP contribution in [0.5, 0.6) is 0 Å². The summed E-state index contributed by atoms with van der Waals surface area (Å²) in [6.07, 6.45) is -3.95. The quantitative estimate of drug-likeness (QED) is 0.694. The lowest BCUT2D eigenvalue weighted by Crippen LogP contribution is -2.53. The number of hydrogen-bond donors (Lipinski definition) is 2. The summed E-state index contributed by atoms with van der Waals surface area (Å²) >= 11 is 0. The van der Waals surface area contributed by atoms with Crippen LogP contribution in [0.4, 0.5) is 18.0 Å². The van der Waals surface area contributed by atoms with E-state index >= 15 is 0 Å². The Labute approximate surface area is 162 Å². The van der Waals surface area contributed by atoms with Crippen LogP contribution >= 0.6 is 0 Å². The molecule has 1 aliphatic heterocycles. The lowest BCUT2D eigenvalue weighted by molar-refractivity contribution is -0.133. The van der Waals surface area contributed by atoms with Crippen molar-refractivity contribution in [2.24, 2.45) is 0 Å². The molecular weight excluding hydrogens is 389 g/mol. The number of carbonyl (C=O) groups excluding carboxylic acids is 1. The van der Waals surface area contributed by atoms with Gasteiger partial charge in [0.2, 0.25) is 0 Å². The van der Waals surface area contributed by atoms with Crippen molar-refractivity contribution >= 4 is 17.1 Å². The van der Waals surface area contributed by atoms with Gasteiger partial charge in [-0.25, -0.2) is 14.5 Å². The Balaban J connectivity index is 1.47. The van der Waals surface area contributed by atoms with Gasteiger partial charge in [-0.1, -0.05) is 18.2 Å². The molecule has 0 atom stereocenters. The number of nitrogens with zero attached hydrogens (tertiary/aromatic N) is 4. The van der Waals surface area contributed by atoms with Gasteiger partial charge in [-0.15, -0.1) is 0 Å². The Kier molecular flexibility index (Phi) is 4.73. The van der Waals surface area contributed by atoms with Gasteiger partial charge >= 0.3 is 12.2 Å². The lowest BCUT2D eigenvalue weighted by Gasteiger charge is -2.38. The van der Waals surface area contributed by atoms with E-state index in [1.165, 1.54) is 11.1 Å². The van der Waals surface area contributed by atoms with E-state index in [9.17, 15) is 22.8 Å². The summed E-state index contributed by atoms with van der Waals surface area (Å²) in [5, 5.41) is 6.82. The summed E-state index contributed by atoms with van der Waals surface area (Å²) in [6, 6.07) is 8.67. The van der Waals surface area contributed by atoms with E-state index in [0.29, 0.717) is 16.9 Å². The summed E-state index contributed by atoms with van der Waals surface area (Å²) in [7, 11) is 0. The maximum Gasteiger partial charge on any atom is 0.390 e. The van der Waals surface area contributed by atoms with Crippen LogP contribution in [-0.4, -0.2) is 56.5 Å². The summed E-state index contributed by atoms with van der Waals surface area (Å²) in [6.45, 7) is 0.0400. The highest BCUT2D eigenvalue weighted by Gasteiger charge is 2.34. The van der Waals surface area contributed by atoms with Gasteiger partial charge < -0.3 is 15.2 Å². The molecule has 1 aliphatic rings. The van der Waals surface area contributed by atoms with Crippen LogP contribution in [0.25, 0.3) is 16.7 Å². The number of alkyl halides is 3. The van der Waals surface area contributed by atoms with Crippen LogP contribution in [0.15, 0.2) is 41.3 Å². The van der Waals surface area contributed by atoms with Gasteiger partial charge in [0.15, 0.2) is 5.65 Å². The molecule has 3 aromatic rings. The van der Waals surface area contributed by atoms with E-state index in [1.807, 2.05) is 30.3 Å². The van der Waals surface area contributed by atoms with Gasteiger partial charge in [-0.3, -0.25) is 4.79 Å². The third-order valence-corrected chi connectivity index (χ3v) is 4.70. The minimum absolute atomic E-state index is 0.209. The average molecular weight is 406 g/mol. The fourth-order valence-corrected chi connectivity index (χ4v) is 3.13. The molecule has 8 nitrogen and oxygen atoms in total. The Morgan fingerprint density at radius 2 is 1.97 bits per heavy atom. The van der Waals surface area contributed by atoms with Gasteiger partial charge in [-0.05, 0) is 12.1 Å². The second-order valence-corrected chi connectivity index (χ2v) is 6.78. The molecule has 0 saturated carbocycles. The molecule has 2 N–H and O–H groups in total. The third kappa shape index (κ3) is 3.93. The summed E-state index contributed by atoms with van der Waals surface area (Å²) in [5.74, 6) is 0.208. The van der Waals surface area contributed by atoms with Gasteiger partial charge in [0.1, 0.15) is 11.2 Å². The molecular formula is C18H17F3N6O2. The number of benzene rings is 1. The zero-order valence-corrected chi connectivity index (χ0v) is 15.1. The van der Waals surface area contributed by atoms with Gasteiger partial charge in [0, 0.05) is 19.6 Å². The van der Waals surface area contributed by atoms with Crippen LogP contribution in [0.2, 0.25) is 0 Å². The van der Waals surface area contributed by atoms with Crippen LogP contribution in [-0.2, 0) is 0 Å². The van der Waals surface area contributed by atoms with Crippen molar-refractivity contribution in [2.75, 3.05) is 19.6 Å². The van der Waals surface area contributed by atoms with Crippen molar-refractivity contribution in [1.29, 1.82) is 0 Å². The Morgan fingerprint density at radius 1 is 1.24 bits per heavy atom. The second-order valence-electron chi connectivity index (χ2n) is 6.78. The molecule has 1 saturated heterocycles. The molecule has 29 heavy (non-hydrogen) atoms. The summed E-state index contributed by atoms with van der Waals surface area (Å²) in [5.41, 5.74) is 0.828. The number of para-hydroxylation sites is 1. The van der Waals surface area contributed by atoms with Crippen molar-refractivity contribution in [3.63, 3.8) is 0 Å². The standard InChI is InChI=1S/C18H17F3N6O2/c19-18(20,21)6-7-22-17(29)26-9-11(10-26)14-24-15-13(16(28)25-14)8-23-27(15)12-4-2-1-3-5-12/h1-5,8,11H,6-7,9-10H2,(H,22,29)(H,24,25,28). The number of rotatable bonds is 4. The topological polar surface area (TPSA) is 95.9 Å². The molecule has 0 radical (unpaired) electrons. The molecule has 2 aromatic heterocycles. The number of nitrogens with one attached hydrogen (secondary N) is 2. The first-order valence-corrected chi connectivity index (χ1v) is 8.95. The number of likely N-dealkylation sites (tertiary alicyclic amines) is 1. The number of halogens is 3. The van der Waals surface area contributed by atoms with E-state index in [-0.39, 0.29) is 24.6 Å². The minimum atomic E-state index is -4.31. The van der Waals surface area contributed by atoms with Gasteiger partial charge in [0.05, 0.1) is 24.2 Å². The number of aromatic amines is 1. The maximum absolute atomic E-state index is 12.4. The number of amides is 2. The van der Waals surface area contributed by atoms with Crippen LogP contribution in [0, 0.1) is 0 Å². The van der Waals surface area contributed by atoms with E-state index < -0.39 is 25.2 Å². The summed E-state index contributed by atoms with van der Waals surface area (Å²) < 4.78 is 38.1. The highest BCUT2D eigenvalue weighted by Crippen LogP contribution is 2.25. The molecule has 152 valence electrons. The van der Waals surface area contributed by atoms with Crippen LogP contribution in [0.1, 0.15) is 18.2 Å². The van der Waals surface area contributed by atoms with Crippen molar-refractivity contribution in [3.05, 3.63) is 52.7 Å². The number of hydrogen-bond acceptors (Lipinski definition) is 4. The molecule has 1 fully saturated rings. The highest BCUT2D eigenvalue weighted by molar-refractivity contribution is 5.76. The SMILES string of the molecule is O=C(NCCC(F)(F)F)N1CC(c2nc3c(cnn3-c3ccccc3)c(=O)[nH]2)C1. The molecule has 2 amide bonds. The second kappa shape index (κ2) is 7.22. The number of carbonyl (C=O) groups is 1. The highest BCUT2D eigenvalue weighted by atomic mass is 19.4. The molecule has 0 spiro atoms. The Hall–Kier alpha value is -3.37. The molecule has 1 aromatic carbocycles. The van der Waals surface area contributed by atoms with Gasteiger partial charge in [0.25, 0.3) is 5.56 Å². The Morgan fingerprint density at radius 3 is 2.66 bits per heavy atom. The number of H-pyrrole nitrogens is 1. The van der Waals surface area contributed by atoms with Gasteiger partial charge in [-0.2, -0.15) is 18.3 Å². The fraction of sp³-hybridized carbons (Fsp3) is 0.333. The Bertz CT molecular complexity index is 1090. The number of fused-ring (bicyclic) bond motifs is 1. The molecule has 11 heteroatoms. The van der Waals surface area contributed by atoms with E-state index in [2.05, 4.69) is 20.4 Å². The normalized spacial score (nSPS) is 14.8. The predicted octanol–water partition coefficient (Wildman–Crippen LogP) is 2.17. The van der Waals surface area contributed by atoms with E-state index in [1.54, 1.807) is 4.68 Å².